The number of unbranched alkanes of at least 4 members (excludes halogenated alkanes) is 2. The second-order valence-corrected chi connectivity index (χ2v) is 6.71. The molecule has 2 aromatic rings. The summed E-state index contributed by atoms with van der Waals surface area (Å²) in [5, 5.41) is 4.89. The third-order valence-corrected chi connectivity index (χ3v) is 4.12. The van der Waals surface area contributed by atoms with Crippen LogP contribution in [0, 0.1) is 5.41 Å². The van der Waals surface area contributed by atoms with Gasteiger partial charge in [-0.15, -0.1) is 0 Å². The highest BCUT2D eigenvalue weighted by molar-refractivity contribution is 5.81. The van der Waals surface area contributed by atoms with Crippen LogP contribution in [0.4, 0.5) is 0 Å². The Morgan fingerprint density at radius 3 is 2.71 bits per heavy atom. The predicted octanol–water partition coefficient (Wildman–Crippen LogP) is 4.93. The first-order chi connectivity index (χ1) is 10.1. The number of hydrogen-bond acceptors (Lipinski definition) is 2. The minimum atomic E-state index is 0.373. The van der Waals surface area contributed by atoms with E-state index in [1.54, 1.807) is 0 Å². The third kappa shape index (κ3) is 4.82. The zero-order valence-electron chi connectivity index (χ0n) is 13.7. The second kappa shape index (κ2) is 7.56. The van der Waals surface area contributed by atoms with E-state index in [4.69, 9.17) is 0 Å². The van der Waals surface area contributed by atoms with Crippen molar-refractivity contribution in [1.29, 1.82) is 0 Å². The highest BCUT2D eigenvalue weighted by Gasteiger charge is 2.16. The van der Waals surface area contributed by atoms with Gasteiger partial charge in [0, 0.05) is 24.7 Å². The molecule has 2 nitrogen and oxygen atoms in total. The SMILES string of the molecule is CCCCCC(C)(C)CNCc1ccnc2ccccc12. The van der Waals surface area contributed by atoms with Crippen molar-refractivity contribution in [2.75, 3.05) is 6.54 Å². The molecular weight excluding hydrogens is 256 g/mol. The van der Waals surface area contributed by atoms with E-state index in [2.05, 4.69) is 55.3 Å². The van der Waals surface area contributed by atoms with E-state index in [1.165, 1.54) is 36.6 Å². The molecule has 0 aliphatic heterocycles. The number of fused-ring (bicyclic) bond motifs is 1. The minimum absolute atomic E-state index is 0.373. The molecule has 21 heavy (non-hydrogen) atoms. The van der Waals surface area contributed by atoms with Gasteiger partial charge in [0.25, 0.3) is 0 Å². The van der Waals surface area contributed by atoms with Crippen LogP contribution < -0.4 is 5.32 Å². The van der Waals surface area contributed by atoms with Crippen LogP contribution in [0.15, 0.2) is 36.5 Å². The Morgan fingerprint density at radius 2 is 1.90 bits per heavy atom. The molecule has 2 rings (SSSR count). The van der Waals surface area contributed by atoms with Gasteiger partial charge in [-0.05, 0) is 29.5 Å². The van der Waals surface area contributed by atoms with Crippen LogP contribution in [-0.2, 0) is 6.54 Å². The van der Waals surface area contributed by atoms with Crippen molar-refractivity contribution < 1.29 is 0 Å². The monoisotopic (exact) mass is 284 g/mol. The Balaban J connectivity index is 1.90. The predicted molar refractivity (Wildman–Crippen MR) is 91.4 cm³/mol. The largest absolute Gasteiger partial charge is 0.312 e. The summed E-state index contributed by atoms with van der Waals surface area (Å²) in [4.78, 5) is 4.42. The van der Waals surface area contributed by atoms with E-state index >= 15 is 0 Å². The number of rotatable bonds is 8. The Bertz CT molecular complexity index is 555. The van der Waals surface area contributed by atoms with Crippen LogP contribution in [0.25, 0.3) is 10.9 Å². The Labute approximate surface area is 129 Å². The molecule has 0 unspecified atom stereocenters. The number of hydrogen-bond donors (Lipinski definition) is 1. The molecule has 0 fully saturated rings. The molecule has 0 spiro atoms. The summed E-state index contributed by atoms with van der Waals surface area (Å²) >= 11 is 0. The molecule has 0 atom stereocenters. The molecule has 1 heterocycles. The van der Waals surface area contributed by atoms with E-state index < -0.39 is 0 Å². The highest BCUT2D eigenvalue weighted by Crippen LogP contribution is 2.23. The Morgan fingerprint density at radius 1 is 1.10 bits per heavy atom. The molecule has 0 radical (unpaired) electrons. The summed E-state index contributed by atoms with van der Waals surface area (Å²) in [5.41, 5.74) is 2.79. The Kier molecular flexibility index (Phi) is 5.75. The molecular formula is C19H28N2. The first-order valence-electron chi connectivity index (χ1n) is 8.16. The summed E-state index contributed by atoms with van der Waals surface area (Å²) < 4.78 is 0. The number of benzene rings is 1. The van der Waals surface area contributed by atoms with Crippen molar-refractivity contribution in [3.8, 4) is 0 Å². The van der Waals surface area contributed by atoms with Crippen molar-refractivity contribution in [2.45, 2.75) is 53.0 Å². The van der Waals surface area contributed by atoms with E-state index in [0.29, 0.717) is 5.41 Å². The fraction of sp³-hybridized carbons (Fsp3) is 0.526. The van der Waals surface area contributed by atoms with E-state index in [0.717, 1.165) is 18.6 Å². The smallest absolute Gasteiger partial charge is 0.0705 e. The molecule has 0 saturated heterocycles. The van der Waals surface area contributed by atoms with Gasteiger partial charge in [-0.25, -0.2) is 0 Å². The van der Waals surface area contributed by atoms with Gasteiger partial charge in [-0.2, -0.15) is 0 Å². The van der Waals surface area contributed by atoms with Gasteiger partial charge in [0.15, 0.2) is 0 Å². The van der Waals surface area contributed by atoms with Crippen molar-refractivity contribution in [2.24, 2.45) is 5.41 Å². The zero-order chi connectivity index (χ0) is 15.1. The number of pyridine rings is 1. The summed E-state index contributed by atoms with van der Waals surface area (Å²) in [5.74, 6) is 0. The fourth-order valence-corrected chi connectivity index (χ4v) is 2.79. The minimum Gasteiger partial charge on any atom is -0.312 e. The first kappa shape index (κ1) is 16.0. The van der Waals surface area contributed by atoms with Gasteiger partial charge >= 0.3 is 0 Å². The summed E-state index contributed by atoms with van der Waals surface area (Å²) in [6.45, 7) is 8.97. The number of nitrogens with one attached hydrogen (secondary N) is 1. The molecule has 1 aromatic heterocycles. The zero-order valence-corrected chi connectivity index (χ0v) is 13.7. The molecule has 1 N–H and O–H groups in total. The van der Waals surface area contributed by atoms with Gasteiger partial charge < -0.3 is 5.32 Å². The lowest BCUT2D eigenvalue weighted by molar-refractivity contribution is 0.302. The number of aromatic nitrogens is 1. The normalized spacial score (nSPS) is 12.0. The maximum absolute atomic E-state index is 4.42. The summed E-state index contributed by atoms with van der Waals surface area (Å²) in [6, 6.07) is 10.5. The number of para-hydroxylation sites is 1. The highest BCUT2D eigenvalue weighted by atomic mass is 14.9. The van der Waals surface area contributed by atoms with E-state index in [9.17, 15) is 0 Å². The molecule has 0 bridgehead atoms. The summed E-state index contributed by atoms with van der Waals surface area (Å²) in [6.07, 6.45) is 7.19. The quantitative estimate of drug-likeness (QED) is 0.695. The first-order valence-corrected chi connectivity index (χ1v) is 8.16. The van der Waals surface area contributed by atoms with Crippen molar-refractivity contribution >= 4 is 10.9 Å². The topological polar surface area (TPSA) is 24.9 Å². The Hall–Kier alpha value is -1.41. The van der Waals surface area contributed by atoms with E-state index in [1.807, 2.05) is 12.3 Å². The van der Waals surface area contributed by atoms with Crippen molar-refractivity contribution in [1.82, 2.24) is 10.3 Å². The lowest BCUT2D eigenvalue weighted by Crippen LogP contribution is -2.29. The van der Waals surface area contributed by atoms with Crippen LogP contribution >= 0.6 is 0 Å². The summed E-state index contributed by atoms with van der Waals surface area (Å²) in [7, 11) is 0. The molecule has 0 amide bonds. The molecule has 1 aromatic carbocycles. The van der Waals surface area contributed by atoms with Crippen LogP contribution in [0.5, 0.6) is 0 Å². The molecule has 114 valence electrons. The maximum atomic E-state index is 4.42. The average molecular weight is 284 g/mol. The molecule has 2 heteroatoms. The van der Waals surface area contributed by atoms with Crippen molar-refractivity contribution in [3.63, 3.8) is 0 Å². The van der Waals surface area contributed by atoms with Gasteiger partial charge in [0.05, 0.1) is 5.52 Å². The van der Waals surface area contributed by atoms with Crippen LogP contribution in [-0.4, -0.2) is 11.5 Å². The van der Waals surface area contributed by atoms with Gasteiger partial charge in [0.1, 0.15) is 0 Å². The van der Waals surface area contributed by atoms with Crippen LogP contribution in [0.1, 0.15) is 52.0 Å². The van der Waals surface area contributed by atoms with E-state index in [-0.39, 0.29) is 0 Å². The standard InChI is InChI=1S/C19H28N2/c1-4-5-8-12-19(2,3)15-20-14-16-11-13-21-18-10-7-6-9-17(16)18/h6-7,9-11,13,20H,4-5,8,12,14-15H2,1-3H3. The number of nitrogens with zero attached hydrogens (tertiary/aromatic N) is 1. The van der Waals surface area contributed by atoms with Gasteiger partial charge in [-0.1, -0.05) is 58.2 Å². The van der Waals surface area contributed by atoms with Crippen LogP contribution in [0.3, 0.4) is 0 Å². The van der Waals surface area contributed by atoms with Gasteiger partial charge in [0.2, 0.25) is 0 Å². The molecule has 0 saturated carbocycles. The second-order valence-electron chi connectivity index (χ2n) is 6.71. The lowest BCUT2D eigenvalue weighted by Gasteiger charge is -2.25. The average Bonchev–Trinajstić information content (AvgIpc) is 2.47. The molecule has 0 aliphatic rings. The molecule has 0 aliphatic carbocycles. The van der Waals surface area contributed by atoms with Gasteiger partial charge in [-0.3, -0.25) is 4.98 Å². The van der Waals surface area contributed by atoms with Crippen molar-refractivity contribution in [3.05, 3.63) is 42.1 Å². The van der Waals surface area contributed by atoms with Crippen LogP contribution in [0.2, 0.25) is 0 Å². The third-order valence-electron chi connectivity index (χ3n) is 4.12. The lowest BCUT2D eigenvalue weighted by atomic mass is 9.87. The fourth-order valence-electron chi connectivity index (χ4n) is 2.79. The maximum Gasteiger partial charge on any atom is 0.0705 e.